The molecular weight excluding hydrogens is 258 g/mol. The number of aromatic amines is 1. The minimum Gasteiger partial charge on any atom is -0.454 e. The van der Waals surface area contributed by atoms with Gasteiger partial charge in [0.15, 0.2) is 4.67 Å². The van der Waals surface area contributed by atoms with Crippen molar-refractivity contribution in [2.45, 2.75) is 13.0 Å². The number of H-pyrrole nitrogens is 1. The van der Waals surface area contributed by atoms with Gasteiger partial charge in [-0.1, -0.05) is 0 Å². The van der Waals surface area contributed by atoms with Gasteiger partial charge in [0, 0.05) is 31.4 Å². The smallest absolute Gasteiger partial charge is 0.169 e. The Bertz CT molecular complexity index is 396. The third-order valence-corrected chi connectivity index (χ3v) is 2.48. The van der Waals surface area contributed by atoms with Crippen LogP contribution in [0.15, 0.2) is 33.5 Å². The van der Waals surface area contributed by atoms with E-state index in [-0.39, 0.29) is 0 Å². The van der Waals surface area contributed by atoms with Gasteiger partial charge < -0.3 is 9.73 Å². The second-order valence-corrected chi connectivity index (χ2v) is 4.00. The molecule has 5 heteroatoms. The molecule has 0 fully saturated rings. The van der Waals surface area contributed by atoms with Gasteiger partial charge in [0.05, 0.1) is 0 Å². The summed E-state index contributed by atoms with van der Waals surface area (Å²) in [6.07, 6.45) is 2.64. The monoisotopic (exact) mass is 269 g/mol. The molecule has 0 aliphatic carbocycles. The molecule has 0 unspecified atom stereocenters. The number of rotatable bonds is 5. The number of nitrogens with one attached hydrogen (secondary N) is 2. The summed E-state index contributed by atoms with van der Waals surface area (Å²) in [6, 6.07) is 5.84. The highest BCUT2D eigenvalue weighted by Crippen LogP contribution is 2.13. The predicted octanol–water partition coefficient (Wildman–Crippen LogP) is 2.10. The maximum absolute atomic E-state index is 5.38. The fraction of sp³-hybridized carbons (Fsp3) is 0.300. The molecule has 2 aromatic rings. The molecule has 0 bridgehead atoms. The normalized spacial score (nSPS) is 10.7. The Kier molecular flexibility index (Phi) is 3.58. The Labute approximate surface area is 96.2 Å². The first kappa shape index (κ1) is 10.4. The van der Waals surface area contributed by atoms with Crippen LogP contribution in [0.3, 0.4) is 0 Å². The van der Waals surface area contributed by atoms with Crippen molar-refractivity contribution >= 4 is 15.9 Å². The molecule has 0 aliphatic heterocycles. The number of nitrogens with zero attached hydrogens (tertiary/aromatic N) is 1. The molecule has 0 aliphatic rings. The molecule has 0 spiro atoms. The average molecular weight is 270 g/mol. The highest BCUT2D eigenvalue weighted by atomic mass is 79.9. The molecule has 0 saturated heterocycles. The standard InChI is InChI=1S/C10H12BrN3O/c11-10-2-1-9(15-10)4-5-12-7-8-3-6-13-14-8/h1-3,6,12H,4-5,7H2,(H,13,14). The van der Waals surface area contributed by atoms with Gasteiger partial charge in [-0.05, 0) is 34.1 Å². The van der Waals surface area contributed by atoms with Crippen molar-refractivity contribution in [3.8, 4) is 0 Å². The second-order valence-electron chi connectivity index (χ2n) is 3.21. The molecule has 0 aromatic carbocycles. The molecule has 2 rings (SSSR count). The van der Waals surface area contributed by atoms with E-state index in [4.69, 9.17) is 4.42 Å². The van der Waals surface area contributed by atoms with Crippen molar-refractivity contribution in [3.63, 3.8) is 0 Å². The first-order chi connectivity index (χ1) is 7.34. The molecule has 2 heterocycles. The fourth-order valence-corrected chi connectivity index (χ4v) is 1.64. The summed E-state index contributed by atoms with van der Waals surface area (Å²) < 4.78 is 6.16. The lowest BCUT2D eigenvalue weighted by molar-refractivity contribution is 0.479. The van der Waals surface area contributed by atoms with Crippen molar-refractivity contribution in [2.75, 3.05) is 6.54 Å². The predicted molar refractivity (Wildman–Crippen MR) is 60.4 cm³/mol. The topological polar surface area (TPSA) is 53.9 Å². The first-order valence-corrected chi connectivity index (χ1v) is 5.57. The van der Waals surface area contributed by atoms with Gasteiger partial charge in [0.25, 0.3) is 0 Å². The molecule has 0 radical (unpaired) electrons. The van der Waals surface area contributed by atoms with Crippen LogP contribution >= 0.6 is 15.9 Å². The lowest BCUT2D eigenvalue weighted by Crippen LogP contribution is -2.16. The minimum atomic E-state index is 0.783. The minimum absolute atomic E-state index is 0.783. The number of furan rings is 1. The van der Waals surface area contributed by atoms with E-state index in [9.17, 15) is 0 Å². The summed E-state index contributed by atoms with van der Waals surface area (Å²) in [5.74, 6) is 0.985. The SMILES string of the molecule is Brc1ccc(CCNCc2ccn[nH]2)o1. The van der Waals surface area contributed by atoms with E-state index in [2.05, 4.69) is 31.4 Å². The molecule has 0 amide bonds. The maximum atomic E-state index is 5.38. The zero-order chi connectivity index (χ0) is 10.5. The van der Waals surface area contributed by atoms with E-state index in [0.717, 1.165) is 35.6 Å². The molecule has 2 aromatic heterocycles. The Hall–Kier alpha value is -1.07. The van der Waals surface area contributed by atoms with Gasteiger partial charge in [-0.25, -0.2) is 0 Å². The van der Waals surface area contributed by atoms with Crippen molar-refractivity contribution in [1.82, 2.24) is 15.5 Å². The van der Waals surface area contributed by atoms with Gasteiger partial charge in [0.1, 0.15) is 5.76 Å². The maximum Gasteiger partial charge on any atom is 0.169 e. The Balaban J connectivity index is 1.67. The van der Waals surface area contributed by atoms with Crippen molar-refractivity contribution < 1.29 is 4.42 Å². The van der Waals surface area contributed by atoms with Crippen LogP contribution in [0.1, 0.15) is 11.5 Å². The molecule has 0 atom stereocenters. The molecule has 80 valence electrons. The van der Waals surface area contributed by atoms with E-state index in [1.807, 2.05) is 18.2 Å². The van der Waals surface area contributed by atoms with Crippen LogP contribution in [0.4, 0.5) is 0 Å². The lowest BCUT2D eigenvalue weighted by atomic mass is 10.3. The summed E-state index contributed by atoms with van der Waals surface area (Å²) in [4.78, 5) is 0. The van der Waals surface area contributed by atoms with E-state index in [0.29, 0.717) is 0 Å². The van der Waals surface area contributed by atoms with Gasteiger partial charge in [-0.15, -0.1) is 0 Å². The molecule has 4 nitrogen and oxygen atoms in total. The van der Waals surface area contributed by atoms with Crippen LogP contribution in [0.25, 0.3) is 0 Å². The quantitative estimate of drug-likeness (QED) is 0.818. The lowest BCUT2D eigenvalue weighted by Gasteiger charge is -2.00. The van der Waals surface area contributed by atoms with Crippen LogP contribution in [-0.2, 0) is 13.0 Å². The second kappa shape index (κ2) is 5.14. The van der Waals surface area contributed by atoms with Crippen LogP contribution in [-0.4, -0.2) is 16.7 Å². The summed E-state index contributed by atoms with van der Waals surface area (Å²) >= 11 is 3.27. The summed E-state index contributed by atoms with van der Waals surface area (Å²) in [5.41, 5.74) is 1.09. The van der Waals surface area contributed by atoms with Gasteiger partial charge in [0.2, 0.25) is 0 Å². The van der Waals surface area contributed by atoms with Crippen molar-refractivity contribution in [3.05, 3.63) is 40.5 Å². The molecule has 0 saturated carbocycles. The van der Waals surface area contributed by atoms with Gasteiger partial charge in [-0.3, -0.25) is 5.10 Å². The summed E-state index contributed by atoms with van der Waals surface area (Å²) in [7, 11) is 0. The zero-order valence-electron chi connectivity index (χ0n) is 8.16. The van der Waals surface area contributed by atoms with Crippen LogP contribution in [0, 0.1) is 0 Å². The van der Waals surface area contributed by atoms with Gasteiger partial charge in [-0.2, -0.15) is 5.10 Å². The van der Waals surface area contributed by atoms with Crippen LogP contribution in [0.5, 0.6) is 0 Å². The highest BCUT2D eigenvalue weighted by molar-refractivity contribution is 9.10. The van der Waals surface area contributed by atoms with Crippen molar-refractivity contribution in [1.29, 1.82) is 0 Å². The number of halogens is 1. The Morgan fingerprint density at radius 1 is 1.40 bits per heavy atom. The third kappa shape index (κ3) is 3.21. The average Bonchev–Trinajstić information content (AvgIpc) is 2.84. The van der Waals surface area contributed by atoms with E-state index in [1.165, 1.54) is 0 Å². The number of hydrogen-bond acceptors (Lipinski definition) is 3. The van der Waals surface area contributed by atoms with E-state index < -0.39 is 0 Å². The Morgan fingerprint density at radius 3 is 3.00 bits per heavy atom. The summed E-state index contributed by atoms with van der Waals surface area (Å²) in [5, 5.41) is 10.1. The molecular formula is C10H12BrN3O. The van der Waals surface area contributed by atoms with Gasteiger partial charge >= 0.3 is 0 Å². The van der Waals surface area contributed by atoms with Crippen LogP contribution in [0.2, 0.25) is 0 Å². The van der Waals surface area contributed by atoms with Crippen LogP contribution < -0.4 is 5.32 Å². The molecule has 15 heavy (non-hydrogen) atoms. The van der Waals surface area contributed by atoms with E-state index >= 15 is 0 Å². The fourth-order valence-electron chi connectivity index (χ4n) is 1.30. The third-order valence-electron chi connectivity index (χ3n) is 2.05. The first-order valence-electron chi connectivity index (χ1n) is 4.78. The Morgan fingerprint density at radius 2 is 2.33 bits per heavy atom. The number of aromatic nitrogens is 2. The molecule has 2 N–H and O–H groups in total. The van der Waals surface area contributed by atoms with E-state index in [1.54, 1.807) is 6.20 Å². The highest BCUT2D eigenvalue weighted by Gasteiger charge is 1.99. The largest absolute Gasteiger partial charge is 0.454 e. The number of hydrogen-bond donors (Lipinski definition) is 2. The zero-order valence-corrected chi connectivity index (χ0v) is 9.75. The summed E-state index contributed by atoms with van der Waals surface area (Å²) in [6.45, 7) is 1.70. The van der Waals surface area contributed by atoms with Crippen molar-refractivity contribution in [2.24, 2.45) is 0 Å².